The number of aliphatic hydroxyl groups excluding tert-OH is 1. The summed E-state index contributed by atoms with van der Waals surface area (Å²) < 4.78 is 5.72. The summed E-state index contributed by atoms with van der Waals surface area (Å²) in [5.74, 6) is 1.99. The van der Waals surface area contributed by atoms with Crippen LogP contribution in [0.3, 0.4) is 0 Å². The maximum atomic E-state index is 10.4. The maximum Gasteiger partial charge on any atom is 0.115 e. The van der Waals surface area contributed by atoms with Crippen LogP contribution >= 0.6 is 0 Å². The molecule has 3 heteroatoms. The first kappa shape index (κ1) is 14.5. The summed E-state index contributed by atoms with van der Waals surface area (Å²) in [6.45, 7) is 2.35. The number of methoxy groups -OCH3 is 1. The van der Waals surface area contributed by atoms with Gasteiger partial charge in [-0.1, -0.05) is 13.0 Å². The number of rotatable bonds is 1. The van der Waals surface area contributed by atoms with Gasteiger partial charge in [0.1, 0.15) is 5.75 Å². The molecular weight excluding hydrogens is 276 g/mol. The van der Waals surface area contributed by atoms with E-state index in [0.717, 1.165) is 25.7 Å². The van der Waals surface area contributed by atoms with Gasteiger partial charge in [0, 0.05) is 7.11 Å². The van der Waals surface area contributed by atoms with Crippen LogP contribution in [0.5, 0.6) is 5.75 Å². The lowest BCUT2D eigenvalue weighted by molar-refractivity contribution is -0.0557. The minimum atomic E-state index is -0.319. The molecule has 2 saturated carbocycles. The molecule has 1 aromatic carbocycles. The molecule has 0 aromatic heterocycles. The van der Waals surface area contributed by atoms with Gasteiger partial charge < -0.3 is 14.9 Å². The van der Waals surface area contributed by atoms with Crippen molar-refractivity contribution in [1.82, 2.24) is 0 Å². The van der Waals surface area contributed by atoms with Crippen molar-refractivity contribution >= 4 is 0 Å². The Bertz CT molecular complexity index is 584. The summed E-state index contributed by atoms with van der Waals surface area (Å²) in [6.07, 6.45) is 5.07. The van der Waals surface area contributed by atoms with E-state index >= 15 is 0 Å². The predicted octanol–water partition coefficient (Wildman–Crippen LogP) is 3.23. The van der Waals surface area contributed by atoms with Crippen LogP contribution < -0.4 is 0 Å². The summed E-state index contributed by atoms with van der Waals surface area (Å²) in [4.78, 5) is 0. The molecule has 0 bridgehead atoms. The summed E-state index contributed by atoms with van der Waals surface area (Å²) >= 11 is 0. The lowest BCUT2D eigenvalue weighted by Crippen LogP contribution is -2.44. The largest absolute Gasteiger partial charge is 0.508 e. The highest BCUT2D eigenvalue weighted by molar-refractivity contribution is 5.40. The van der Waals surface area contributed by atoms with Gasteiger partial charge >= 0.3 is 0 Å². The number of benzene rings is 1. The molecular formula is C19H26O3. The minimum absolute atomic E-state index is 0.0172. The highest BCUT2D eigenvalue weighted by Gasteiger charge is 2.57. The number of aryl methyl sites for hydroxylation is 1. The van der Waals surface area contributed by atoms with E-state index in [1.807, 2.05) is 12.1 Å². The second-order valence-electron chi connectivity index (χ2n) is 7.88. The van der Waals surface area contributed by atoms with Crippen molar-refractivity contribution in [2.75, 3.05) is 7.11 Å². The summed E-state index contributed by atoms with van der Waals surface area (Å²) in [6, 6.07) is 5.89. The molecule has 6 atom stereocenters. The Morgan fingerprint density at radius 2 is 2.09 bits per heavy atom. The van der Waals surface area contributed by atoms with E-state index in [4.69, 9.17) is 4.74 Å². The third-order valence-corrected chi connectivity index (χ3v) is 6.76. The summed E-state index contributed by atoms with van der Waals surface area (Å²) in [5, 5.41) is 20.2. The van der Waals surface area contributed by atoms with Gasteiger partial charge in [0.05, 0.1) is 12.2 Å². The van der Waals surface area contributed by atoms with Gasteiger partial charge in [0.2, 0.25) is 0 Å². The van der Waals surface area contributed by atoms with Crippen LogP contribution in [0.1, 0.15) is 49.7 Å². The Labute approximate surface area is 132 Å². The zero-order valence-corrected chi connectivity index (χ0v) is 13.5. The molecule has 3 aliphatic rings. The fraction of sp³-hybridized carbons (Fsp3) is 0.684. The highest BCUT2D eigenvalue weighted by atomic mass is 16.5. The number of phenolic OH excluding ortho intramolecular Hbond substituents is 1. The fourth-order valence-corrected chi connectivity index (χ4v) is 5.91. The van der Waals surface area contributed by atoms with Crippen LogP contribution in [0.4, 0.5) is 0 Å². The van der Waals surface area contributed by atoms with Gasteiger partial charge in [-0.2, -0.15) is 0 Å². The van der Waals surface area contributed by atoms with Gasteiger partial charge in [-0.15, -0.1) is 0 Å². The molecule has 0 spiro atoms. The van der Waals surface area contributed by atoms with Crippen molar-refractivity contribution in [3.05, 3.63) is 29.3 Å². The zero-order chi connectivity index (χ0) is 15.5. The molecule has 0 radical (unpaired) electrons. The normalized spacial score (nSPS) is 43.3. The predicted molar refractivity (Wildman–Crippen MR) is 84.9 cm³/mol. The Balaban J connectivity index is 1.73. The number of aromatic hydroxyl groups is 1. The standard InChI is InChI=1S/C19H26O3/c1-19-8-7-14-13-6-4-12(20)9-11(13)3-5-15(14)17(19)18(22-2)16(21)10-19/h4,6,9,14-18,20-21H,3,5,7-8,10H2,1-2H3/t14-,15-,16-,17-,18+,19-/m1/s1. The number of hydrogen-bond donors (Lipinski definition) is 2. The fourth-order valence-electron chi connectivity index (χ4n) is 5.91. The number of hydrogen-bond acceptors (Lipinski definition) is 3. The van der Waals surface area contributed by atoms with Crippen LogP contribution in [-0.4, -0.2) is 29.5 Å². The lowest BCUT2D eigenvalue weighted by atomic mass is 9.55. The molecule has 0 unspecified atom stereocenters. The molecule has 0 amide bonds. The molecule has 0 saturated heterocycles. The van der Waals surface area contributed by atoms with Crippen LogP contribution in [0.2, 0.25) is 0 Å². The van der Waals surface area contributed by atoms with Crippen molar-refractivity contribution in [2.24, 2.45) is 17.3 Å². The Morgan fingerprint density at radius 1 is 1.27 bits per heavy atom. The monoisotopic (exact) mass is 302 g/mol. The molecule has 2 fully saturated rings. The number of ether oxygens (including phenoxy) is 1. The summed E-state index contributed by atoms with van der Waals surface area (Å²) in [7, 11) is 1.75. The smallest absolute Gasteiger partial charge is 0.115 e. The molecule has 2 N–H and O–H groups in total. The van der Waals surface area contributed by atoms with Crippen molar-refractivity contribution in [3.63, 3.8) is 0 Å². The van der Waals surface area contributed by atoms with Gasteiger partial charge in [-0.05, 0) is 78.5 Å². The Morgan fingerprint density at radius 3 is 2.86 bits per heavy atom. The van der Waals surface area contributed by atoms with Gasteiger partial charge in [0.15, 0.2) is 0 Å². The van der Waals surface area contributed by atoms with Crippen LogP contribution in [0, 0.1) is 17.3 Å². The van der Waals surface area contributed by atoms with Crippen molar-refractivity contribution in [1.29, 1.82) is 0 Å². The lowest BCUT2D eigenvalue weighted by Gasteiger charge is -2.50. The molecule has 3 aliphatic carbocycles. The average molecular weight is 302 g/mol. The number of phenols is 1. The van der Waals surface area contributed by atoms with E-state index in [-0.39, 0.29) is 17.6 Å². The number of fused-ring (bicyclic) bond motifs is 5. The van der Waals surface area contributed by atoms with Gasteiger partial charge in [-0.3, -0.25) is 0 Å². The third kappa shape index (κ3) is 1.95. The molecule has 0 heterocycles. The Kier molecular flexibility index (Phi) is 3.28. The van der Waals surface area contributed by atoms with E-state index in [1.165, 1.54) is 17.5 Å². The van der Waals surface area contributed by atoms with Crippen LogP contribution in [0.15, 0.2) is 18.2 Å². The van der Waals surface area contributed by atoms with Crippen molar-refractivity contribution in [2.45, 2.75) is 57.2 Å². The molecule has 22 heavy (non-hydrogen) atoms. The van der Waals surface area contributed by atoms with Crippen LogP contribution in [0.25, 0.3) is 0 Å². The topological polar surface area (TPSA) is 49.7 Å². The second kappa shape index (κ2) is 4.97. The molecule has 4 rings (SSSR count). The van der Waals surface area contributed by atoms with Crippen molar-refractivity contribution < 1.29 is 14.9 Å². The average Bonchev–Trinajstić information content (AvgIpc) is 2.76. The quantitative estimate of drug-likeness (QED) is 0.837. The van der Waals surface area contributed by atoms with E-state index in [2.05, 4.69) is 13.0 Å². The zero-order valence-electron chi connectivity index (χ0n) is 13.5. The summed E-state index contributed by atoms with van der Waals surface area (Å²) in [5.41, 5.74) is 2.96. The van der Waals surface area contributed by atoms with Crippen LogP contribution in [-0.2, 0) is 11.2 Å². The van der Waals surface area contributed by atoms with E-state index in [0.29, 0.717) is 23.5 Å². The minimum Gasteiger partial charge on any atom is -0.508 e. The molecule has 120 valence electrons. The molecule has 3 nitrogen and oxygen atoms in total. The van der Waals surface area contributed by atoms with E-state index in [9.17, 15) is 10.2 Å². The van der Waals surface area contributed by atoms with E-state index in [1.54, 1.807) is 7.11 Å². The first-order chi connectivity index (χ1) is 10.5. The first-order valence-corrected chi connectivity index (χ1v) is 8.56. The van der Waals surface area contributed by atoms with Gasteiger partial charge in [-0.25, -0.2) is 0 Å². The van der Waals surface area contributed by atoms with E-state index < -0.39 is 0 Å². The number of aliphatic hydroxyl groups is 1. The highest BCUT2D eigenvalue weighted by Crippen LogP contribution is 2.61. The Hall–Kier alpha value is -1.06. The third-order valence-electron chi connectivity index (χ3n) is 6.76. The molecule has 0 aliphatic heterocycles. The second-order valence-corrected chi connectivity index (χ2v) is 7.88. The maximum absolute atomic E-state index is 10.4. The SMILES string of the molecule is CO[C@@H]1[C@H]2[C@@H]3CCc4cc(O)ccc4[C@H]3CC[C@]2(C)C[C@H]1O. The van der Waals surface area contributed by atoms with Gasteiger partial charge in [0.25, 0.3) is 0 Å². The first-order valence-electron chi connectivity index (χ1n) is 8.56. The molecule has 1 aromatic rings. The van der Waals surface area contributed by atoms with Crippen molar-refractivity contribution in [3.8, 4) is 5.75 Å².